The highest BCUT2D eigenvalue weighted by atomic mass is 16.6. The van der Waals surface area contributed by atoms with Crippen molar-refractivity contribution < 1.29 is 28.5 Å². The fourth-order valence-corrected chi connectivity index (χ4v) is 3.62. The second-order valence-electron chi connectivity index (χ2n) is 7.49. The van der Waals surface area contributed by atoms with Gasteiger partial charge in [0.1, 0.15) is 22.5 Å². The van der Waals surface area contributed by atoms with Gasteiger partial charge in [-0.1, -0.05) is 12.1 Å². The minimum Gasteiger partial charge on any atom is -0.504 e. The van der Waals surface area contributed by atoms with Crippen LogP contribution in [0.5, 0.6) is 23.0 Å². The molecule has 0 spiro atoms. The number of ether oxygens (including phenoxy) is 3. The number of phenols is 1. The average Bonchev–Trinajstić information content (AvgIpc) is 2.79. The Kier molecular flexibility index (Phi) is 5.91. The van der Waals surface area contributed by atoms with Gasteiger partial charge in [-0.3, -0.25) is 4.79 Å². The summed E-state index contributed by atoms with van der Waals surface area (Å²) in [5.74, 6) is 0.526. The van der Waals surface area contributed by atoms with Crippen LogP contribution in [0.1, 0.15) is 0 Å². The van der Waals surface area contributed by atoms with Gasteiger partial charge in [-0.05, 0) is 19.2 Å². The third-order valence-electron chi connectivity index (χ3n) is 5.42. The van der Waals surface area contributed by atoms with Crippen LogP contribution in [0.15, 0.2) is 45.6 Å². The molecule has 4 rings (SSSR count). The van der Waals surface area contributed by atoms with Crippen LogP contribution in [0.25, 0.3) is 22.3 Å². The Labute approximate surface area is 184 Å². The van der Waals surface area contributed by atoms with Crippen molar-refractivity contribution in [3.8, 4) is 34.3 Å². The Hall–Kier alpha value is -3.72. The maximum Gasteiger partial charge on any atom is 0.415 e. The molecule has 1 N–H and O–H groups in total. The molecule has 1 amide bonds. The zero-order valence-corrected chi connectivity index (χ0v) is 18.1. The molecule has 0 radical (unpaired) electrons. The molecule has 1 saturated heterocycles. The first-order valence-corrected chi connectivity index (χ1v) is 10.1. The third-order valence-corrected chi connectivity index (χ3v) is 5.42. The Morgan fingerprint density at radius 3 is 2.50 bits per heavy atom. The van der Waals surface area contributed by atoms with Crippen LogP contribution < -0.4 is 19.6 Å². The maximum absolute atomic E-state index is 12.7. The predicted octanol–water partition coefficient (Wildman–Crippen LogP) is 2.93. The highest BCUT2D eigenvalue weighted by molar-refractivity contribution is 5.89. The molecule has 1 aromatic heterocycles. The number of amides is 1. The van der Waals surface area contributed by atoms with E-state index in [1.165, 1.54) is 26.4 Å². The molecule has 2 aromatic carbocycles. The second-order valence-corrected chi connectivity index (χ2v) is 7.49. The summed E-state index contributed by atoms with van der Waals surface area (Å²) in [6, 6.07) is 9.48. The third kappa shape index (κ3) is 4.06. The smallest absolute Gasteiger partial charge is 0.415 e. The normalized spacial score (nSPS) is 14.4. The van der Waals surface area contributed by atoms with Crippen LogP contribution >= 0.6 is 0 Å². The maximum atomic E-state index is 12.7. The van der Waals surface area contributed by atoms with Crippen LogP contribution in [0.3, 0.4) is 0 Å². The zero-order valence-electron chi connectivity index (χ0n) is 18.1. The van der Waals surface area contributed by atoms with Crippen molar-refractivity contribution in [3.63, 3.8) is 0 Å². The Morgan fingerprint density at radius 2 is 1.81 bits per heavy atom. The highest BCUT2D eigenvalue weighted by Crippen LogP contribution is 2.42. The highest BCUT2D eigenvalue weighted by Gasteiger charge is 2.22. The molecule has 168 valence electrons. The number of carbonyl (C=O) groups is 1. The first-order valence-electron chi connectivity index (χ1n) is 10.1. The predicted molar refractivity (Wildman–Crippen MR) is 118 cm³/mol. The zero-order chi connectivity index (χ0) is 22.8. The van der Waals surface area contributed by atoms with E-state index in [1.807, 2.05) is 7.05 Å². The Bertz CT molecular complexity index is 1210. The fourth-order valence-electron chi connectivity index (χ4n) is 3.62. The van der Waals surface area contributed by atoms with E-state index in [9.17, 15) is 14.7 Å². The van der Waals surface area contributed by atoms with Crippen LogP contribution in [-0.2, 0) is 0 Å². The number of aromatic hydroxyl groups is 1. The molecule has 9 heteroatoms. The van der Waals surface area contributed by atoms with Gasteiger partial charge in [0.15, 0.2) is 16.9 Å². The average molecular weight is 440 g/mol. The van der Waals surface area contributed by atoms with Crippen LogP contribution in [0, 0.1) is 0 Å². The van der Waals surface area contributed by atoms with E-state index in [1.54, 1.807) is 29.2 Å². The van der Waals surface area contributed by atoms with Gasteiger partial charge in [-0.25, -0.2) is 4.79 Å². The van der Waals surface area contributed by atoms with Gasteiger partial charge >= 0.3 is 6.09 Å². The van der Waals surface area contributed by atoms with Gasteiger partial charge in [-0.2, -0.15) is 0 Å². The lowest BCUT2D eigenvalue weighted by molar-refractivity contribution is 0.120. The lowest BCUT2D eigenvalue weighted by atomic mass is 10.1. The molecule has 0 aliphatic carbocycles. The van der Waals surface area contributed by atoms with Gasteiger partial charge in [0.05, 0.1) is 14.2 Å². The molecule has 0 saturated carbocycles. The number of benzene rings is 2. The van der Waals surface area contributed by atoms with Crippen LogP contribution in [0.2, 0.25) is 0 Å². The molecule has 0 unspecified atom stereocenters. The first kappa shape index (κ1) is 21.5. The van der Waals surface area contributed by atoms with Gasteiger partial charge in [0, 0.05) is 43.9 Å². The number of likely N-dealkylation sites (N-methyl/N-ethyl adjacent to an activating group) is 1. The van der Waals surface area contributed by atoms with E-state index in [0.717, 1.165) is 13.1 Å². The topological polar surface area (TPSA) is 102 Å². The standard InChI is InChI=1S/C23H24N2O7/c1-24-7-9-25(10-8-24)23(28)31-15-6-4-5-14(11-15)17-12-16(26)20-18(32-17)13-19(29-2)22(30-3)21(20)27/h4-6,11-13,27H,7-10H2,1-3H3. The Morgan fingerprint density at radius 1 is 1.06 bits per heavy atom. The van der Waals surface area contributed by atoms with Crippen molar-refractivity contribution in [2.45, 2.75) is 0 Å². The molecule has 1 fully saturated rings. The molecule has 0 atom stereocenters. The summed E-state index contributed by atoms with van der Waals surface area (Å²) in [5.41, 5.74) is 0.240. The minimum atomic E-state index is -0.445. The first-order chi connectivity index (χ1) is 15.4. The molecule has 9 nitrogen and oxygen atoms in total. The van der Waals surface area contributed by atoms with E-state index < -0.39 is 11.5 Å². The van der Waals surface area contributed by atoms with Crippen molar-refractivity contribution in [2.75, 3.05) is 47.4 Å². The SMILES string of the molecule is COc1cc2oc(-c3cccc(OC(=O)N4CCN(C)CC4)c3)cc(=O)c2c(O)c1OC. The van der Waals surface area contributed by atoms with Crippen molar-refractivity contribution in [2.24, 2.45) is 0 Å². The summed E-state index contributed by atoms with van der Waals surface area (Å²) < 4.78 is 21.8. The van der Waals surface area contributed by atoms with E-state index in [0.29, 0.717) is 24.4 Å². The summed E-state index contributed by atoms with van der Waals surface area (Å²) in [6.07, 6.45) is -0.419. The number of hydrogen-bond donors (Lipinski definition) is 1. The van der Waals surface area contributed by atoms with Crippen LogP contribution in [-0.4, -0.2) is 68.4 Å². The molecular weight excluding hydrogens is 416 g/mol. The van der Waals surface area contributed by atoms with E-state index in [4.69, 9.17) is 18.6 Å². The lowest BCUT2D eigenvalue weighted by Crippen LogP contribution is -2.48. The minimum absolute atomic E-state index is 0.0101. The van der Waals surface area contributed by atoms with Crippen molar-refractivity contribution in [3.05, 3.63) is 46.6 Å². The van der Waals surface area contributed by atoms with E-state index in [-0.39, 0.29) is 34.0 Å². The summed E-state index contributed by atoms with van der Waals surface area (Å²) >= 11 is 0. The number of piperazine rings is 1. The second kappa shape index (κ2) is 8.80. The summed E-state index contributed by atoms with van der Waals surface area (Å²) in [4.78, 5) is 29.0. The Balaban J connectivity index is 1.66. The van der Waals surface area contributed by atoms with Crippen molar-refractivity contribution in [1.82, 2.24) is 9.80 Å². The number of methoxy groups -OCH3 is 2. The van der Waals surface area contributed by atoms with Gasteiger partial charge in [0.2, 0.25) is 5.75 Å². The molecule has 2 heterocycles. The van der Waals surface area contributed by atoms with Gasteiger partial charge < -0.3 is 33.5 Å². The summed E-state index contributed by atoms with van der Waals surface area (Å²) in [6.45, 7) is 2.78. The molecule has 1 aliphatic heterocycles. The number of fused-ring (bicyclic) bond motifs is 1. The van der Waals surface area contributed by atoms with Gasteiger partial charge in [-0.15, -0.1) is 0 Å². The summed E-state index contributed by atoms with van der Waals surface area (Å²) in [7, 11) is 4.80. The summed E-state index contributed by atoms with van der Waals surface area (Å²) in [5, 5.41) is 10.4. The number of hydrogen-bond acceptors (Lipinski definition) is 8. The fraction of sp³-hybridized carbons (Fsp3) is 0.304. The molecule has 1 aliphatic rings. The van der Waals surface area contributed by atoms with E-state index >= 15 is 0 Å². The number of nitrogens with zero attached hydrogens (tertiary/aromatic N) is 2. The molecular formula is C23H24N2O7. The number of carbonyl (C=O) groups excluding carboxylic acids is 1. The molecule has 3 aromatic rings. The van der Waals surface area contributed by atoms with E-state index in [2.05, 4.69) is 4.90 Å². The van der Waals surface area contributed by atoms with Crippen LogP contribution in [0.4, 0.5) is 4.79 Å². The monoisotopic (exact) mass is 440 g/mol. The van der Waals surface area contributed by atoms with Crippen molar-refractivity contribution >= 4 is 17.1 Å². The quantitative estimate of drug-likeness (QED) is 0.661. The van der Waals surface area contributed by atoms with Gasteiger partial charge in [0.25, 0.3) is 0 Å². The van der Waals surface area contributed by atoms with Crippen molar-refractivity contribution in [1.29, 1.82) is 0 Å². The lowest BCUT2D eigenvalue weighted by Gasteiger charge is -2.31. The molecule has 32 heavy (non-hydrogen) atoms. The number of rotatable bonds is 4. The number of phenolic OH excluding ortho intramolecular Hbond substituents is 1. The molecule has 0 bridgehead atoms. The largest absolute Gasteiger partial charge is 0.504 e.